The van der Waals surface area contributed by atoms with Gasteiger partial charge in [0.05, 0.1) is 18.7 Å². The number of anilines is 2. The maximum Gasteiger partial charge on any atom is 0.416 e. The molecule has 2 amide bonds. The lowest BCUT2D eigenvalue weighted by Crippen LogP contribution is -2.38. The zero-order valence-electron chi connectivity index (χ0n) is 16.8. The number of halogens is 3. The second-order valence-corrected chi connectivity index (χ2v) is 6.83. The van der Waals surface area contributed by atoms with E-state index in [1.165, 1.54) is 12.1 Å². The van der Waals surface area contributed by atoms with E-state index < -0.39 is 17.6 Å². The Hall–Kier alpha value is -3.27. The van der Waals surface area contributed by atoms with Crippen LogP contribution in [0, 0.1) is 0 Å². The SMILES string of the molecule is CCN(CC(=O)Nc1ccc(C(F)(F)F)cc1)CC(=O)Nc1ccc2c(c1)OCCO2. The number of ether oxygens (including phenoxy) is 2. The molecule has 0 spiro atoms. The third-order valence-electron chi connectivity index (χ3n) is 4.50. The van der Waals surface area contributed by atoms with Gasteiger partial charge in [-0.3, -0.25) is 14.5 Å². The topological polar surface area (TPSA) is 79.9 Å². The van der Waals surface area contributed by atoms with Gasteiger partial charge in [0.15, 0.2) is 11.5 Å². The van der Waals surface area contributed by atoms with Crippen molar-refractivity contribution in [1.29, 1.82) is 0 Å². The predicted molar refractivity (Wildman–Crippen MR) is 108 cm³/mol. The van der Waals surface area contributed by atoms with Crippen LogP contribution in [0.2, 0.25) is 0 Å². The molecule has 0 bridgehead atoms. The van der Waals surface area contributed by atoms with Gasteiger partial charge in [-0.25, -0.2) is 0 Å². The molecule has 31 heavy (non-hydrogen) atoms. The Morgan fingerprint density at radius 3 is 2.03 bits per heavy atom. The van der Waals surface area contributed by atoms with Crippen LogP contribution in [0.4, 0.5) is 24.5 Å². The zero-order valence-corrected chi connectivity index (χ0v) is 16.8. The highest BCUT2D eigenvalue weighted by molar-refractivity contribution is 5.94. The third-order valence-corrected chi connectivity index (χ3v) is 4.50. The summed E-state index contributed by atoms with van der Waals surface area (Å²) in [7, 11) is 0. The van der Waals surface area contributed by atoms with E-state index in [1.54, 1.807) is 30.0 Å². The Morgan fingerprint density at radius 2 is 1.45 bits per heavy atom. The van der Waals surface area contributed by atoms with Gasteiger partial charge in [0.1, 0.15) is 13.2 Å². The first kappa shape index (κ1) is 22.4. The molecule has 0 unspecified atom stereocenters. The maximum absolute atomic E-state index is 12.6. The summed E-state index contributed by atoms with van der Waals surface area (Å²) in [6, 6.07) is 9.23. The molecule has 0 atom stereocenters. The molecule has 2 aromatic carbocycles. The summed E-state index contributed by atoms with van der Waals surface area (Å²) in [5.74, 6) is 0.404. The molecule has 10 heteroatoms. The highest BCUT2D eigenvalue weighted by Gasteiger charge is 2.30. The van der Waals surface area contributed by atoms with E-state index in [9.17, 15) is 22.8 Å². The van der Waals surface area contributed by atoms with Crippen LogP contribution in [0.15, 0.2) is 42.5 Å². The quantitative estimate of drug-likeness (QED) is 0.694. The number of nitrogens with one attached hydrogen (secondary N) is 2. The molecule has 166 valence electrons. The standard InChI is InChI=1S/C21H22F3N3O4/c1-2-27(12-19(28)25-15-5-3-14(4-6-15)21(22,23)24)13-20(29)26-16-7-8-17-18(11-16)31-10-9-30-17/h3-8,11H,2,9-10,12-13H2,1H3,(H,25,28)(H,26,29). The summed E-state index contributed by atoms with van der Waals surface area (Å²) >= 11 is 0. The van der Waals surface area contributed by atoms with Gasteiger partial charge < -0.3 is 20.1 Å². The van der Waals surface area contributed by atoms with Crippen molar-refractivity contribution in [3.8, 4) is 11.5 Å². The minimum absolute atomic E-state index is 0.0363. The largest absolute Gasteiger partial charge is 0.486 e. The van der Waals surface area contributed by atoms with Crippen LogP contribution in [-0.4, -0.2) is 49.6 Å². The molecule has 0 fully saturated rings. The number of nitrogens with zero attached hydrogens (tertiary/aromatic N) is 1. The van der Waals surface area contributed by atoms with Crippen LogP contribution in [0.1, 0.15) is 12.5 Å². The third kappa shape index (κ3) is 6.35. The van der Waals surface area contributed by atoms with Crippen LogP contribution in [0.3, 0.4) is 0 Å². The molecule has 3 rings (SSSR count). The van der Waals surface area contributed by atoms with Gasteiger partial charge in [0.2, 0.25) is 11.8 Å². The first-order chi connectivity index (χ1) is 14.7. The molecular formula is C21H22F3N3O4. The predicted octanol–water partition coefficient (Wildman–Crippen LogP) is 3.38. The number of amides is 2. The molecule has 0 radical (unpaired) electrons. The van der Waals surface area contributed by atoms with Crippen molar-refractivity contribution < 1.29 is 32.2 Å². The second kappa shape index (κ2) is 9.69. The number of rotatable bonds is 7. The molecule has 1 aliphatic heterocycles. The Morgan fingerprint density at radius 1 is 0.903 bits per heavy atom. The highest BCUT2D eigenvalue weighted by Crippen LogP contribution is 2.32. The Bertz CT molecular complexity index is 932. The zero-order chi connectivity index (χ0) is 22.4. The number of carbonyl (C=O) groups excluding carboxylic acids is 2. The molecule has 7 nitrogen and oxygen atoms in total. The lowest BCUT2D eigenvalue weighted by molar-refractivity contribution is -0.137. The minimum atomic E-state index is -4.44. The van der Waals surface area contributed by atoms with Crippen molar-refractivity contribution in [2.75, 3.05) is 43.5 Å². The summed E-state index contributed by atoms with van der Waals surface area (Å²) in [5.41, 5.74) is -0.00853. The molecule has 0 saturated carbocycles. The fourth-order valence-electron chi connectivity index (χ4n) is 2.95. The summed E-state index contributed by atoms with van der Waals surface area (Å²) in [5, 5.41) is 5.28. The normalized spacial score (nSPS) is 13.1. The number of likely N-dealkylation sites (N-methyl/N-ethyl adjacent to an activating group) is 1. The van der Waals surface area contributed by atoms with Gasteiger partial charge in [0, 0.05) is 17.4 Å². The van der Waals surface area contributed by atoms with Crippen LogP contribution in [0.5, 0.6) is 11.5 Å². The van der Waals surface area contributed by atoms with Crippen LogP contribution in [-0.2, 0) is 15.8 Å². The lowest BCUT2D eigenvalue weighted by atomic mass is 10.2. The van der Waals surface area contributed by atoms with E-state index in [0.29, 0.717) is 36.9 Å². The molecule has 0 aromatic heterocycles. The van der Waals surface area contributed by atoms with Gasteiger partial charge in [0.25, 0.3) is 0 Å². The van der Waals surface area contributed by atoms with E-state index in [-0.39, 0.29) is 24.7 Å². The first-order valence-electron chi connectivity index (χ1n) is 9.63. The Labute approximate surface area is 177 Å². The van der Waals surface area contributed by atoms with Crippen molar-refractivity contribution in [3.05, 3.63) is 48.0 Å². The van der Waals surface area contributed by atoms with Gasteiger partial charge in [-0.05, 0) is 42.9 Å². The Kier molecular flexibility index (Phi) is 7.01. The number of carbonyl (C=O) groups is 2. The first-order valence-corrected chi connectivity index (χ1v) is 9.63. The molecule has 2 aromatic rings. The van der Waals surface area contributed by atoms with Crippen molar-refractivity contribution >= 4 is 23.2 Å². The average Bonchev–Trinajstić information content (AvgIpc) is 2.72. The maximum atomic E-state index is 12.6. The van der Waals surface area contributed by atoms with Crippen molar-refractivity contribution in [1.82, 2.24) is 4.90 Å². The smallest absolute Gasteiger partial charge is 0.416 e. The second-order valence-electron chi connectivity index (χ2n) is 6.83. The lowest BCUT2D eigenvalue weighted by Gasteiger charge is -2.21. The molecule has 0 saturated heterocycles. The molecular weight excluding hydrogens is 415 g/mol. The summed E-state index contributed by atoms with van der Waals surface area (Å²) in [6.07, 6.45) is -4.44. The molecule has 0 aliphatic carbocycles. The van der Waals surface area contributed by atoms with E-state index in [4.69, 9.17) is 9.47 Å². The van der Waals surface area contributed by atoms with Crippen LogP contribution >= 0.6 is 0 Å². The number of alkyl halides is 3. The van der Waals surface area contributed by atoms with Crippen molar-refractivity contribution in [2.45, 2.75) is 13.1 Å². The summed E-state index contributed by atoms with van der Waals surface area (Å²) in [6.45, 7) is 3.00. The minimum Gasteiger partial charge on any atom is -0.486 e. The number of hydrogen-bond acceptors (Lipinski definition) is 5. The number of hydrogen-bond donors (Lipinski definition) is 2. The molecule has 1 aliphatic rings. The fraction of sp³-hybridized carbons (Fsp3) is 0.333. The van der Waals surface area contributed by atoms with E-state index in [0.717, 1.165) is 12.1 Å². The molecule has 2 N–H and O–H groups in total. The van der Waals surface area contributed by atoms with E-state index >= 15 is 0 Å². The summed E-state index contributed by atoms with van der Waals surface area (Å²) in [4.78, 5) is 26.2. The van der Waals surface area contributed by atoms with E-state index in [1.807, 2.05) is 0 Å². The van der Waals surface area contributed by atoms with Gasteiger partial charge in [-0.15, -0.1) is 0 Å². The molecule has 1 heterocycles. The van der Waals surface area contributed by atoms with Crippen LogP contribution < -0.4 is 20.1 Å². The van der Waals surface area contributed by atoms with Crippen molar-refractivity contribution in [2.24, 2.45) is 0 Å². The number of benzene rings is 2. The highest BCUT2D eigenvalue weighted by atomic mass is 19.4. The summed E-state index contributed by atoms with van der Waals surface area (Å²) < 4.78 is 48.8. The van der Waals surface area contributed by atoms with E-state index in [2.05, 4.69) is 10.6 Å². The van der Waals surface area contributed by atoms with Crippen molar-refractivity contribution in [3.63, 3.8) is 0 Å². The average molecular weight is 437 g/mol. The fourth-order valence-corrected chi connectivity index (χ4v) is 2.95. The van der Waals surface area contributed by atoms with Gasteiger partial charge >= 0.3 is 6.18 Å². The van der Waals surface area contributed by atoms with Gasteiger partial charge in [-0.2, -0.15) is 13.2 Å². The Balaban J connectivity index is 1.51. The number of fused-ring (bicyclic) bond motifs is 1. The van der Waals surface area contributed by atoms with Crippen LogP contribution in [0.25, 0.3) is 0 Å². The monoisotopic (exact) mass is 437 g/mol. The van der Waals surface area contributed by atoms with Gasteiger partial charge in [-0.1, -0.05) is 6.92 Å².